The van der Waals surface area contributed by atoms with Crippen molar-refractivity contribution in [2.75, 3.05) is 0 Å². The molecule has 0 spiro atoms. The van der Waals surface area contributed by atoms with Crippen LogP contribution >= 0.6 is 0 Å². The van der Waals surface area contributed by atoms with E-state index in [9.17, 15) is 0 Å². The molecule has 0 saturated heterocycles. The van der Waals surface area contributed by atoms with Crippen LogP contribution in [0.1, 0.15) is 0 Å². The number of fused-ring (bicyclic) bond motifs is 4. The Kier molecular flexibility index (Phi) is 2.70. The number of pyridine rings is 3. The second-order valence-corrected chi connectivity index (χ2v) is 8.24. The zero-order valence-corrected chi connectivity index (χ0v) is 16.3. The molecule has 134 valence electrons. The number of nitrogens with zero attached hydrogens (tertiary/aromatic N) is 3. The maximum Gasteiger partial charge on any atom is 0.408 e. The van der Waals surface area contributed by atoms with Crippen molar-refractivity contribution in [3.05, 3.63) is 73.3 Å². The zero-order chi connectivity index (χ0) is 19.3. The third-order valence-electron chi connectivity index (χ3n) is 6.82. The van der Waals surface area contributed by atoms with Gasteiger partial charge in [-0.3, -0.25) is 4.98 Å². The Morgan fingerprint density at radius 2 is 1.17 bits per heavy atom. The average Bonchev–Trinajstić information content (AvgIpc) is 2.76. The van der Waals surface area contributed by atoms with Crippen LogP contribution in [-0.4, -0.2) is 11.7 Å². The molecule has 7 rings (SSSR count). The second-order valence-electron chi connectivity index (χ2n) is 8.24. The minimum Gasteiger partial charge on any atom is -0.263 e. The summed E-state index contributed by atoms with van der Waals surface area (Å²) in [6, 6.07) is 17.7. The van der Waals surface area contributed by atoms with E-state index in [2.05, 4.69) is 102 Å². The first-order chi connectivity index (χ1) is 14.2. The van der Waals surface area contributed by atoms with Crippen LogP contribution in [-0.2, 0) is 14.1 Å². The van der Waals surface area contributed by atoms with Crippen molar-refractivity contribution in [2.45, 2.75) is 0 Å². The van der Waals surface area contributed by atoms with Gasteiger partial charge in [0, 0.05) is 35.3 Å². The third kappa shape index (κ3) is 1.73. The molecule has 4 heteroatoms. The molecule has 2 aliphatic rings. The molecule has 0 atom stereocenters. The van der Waals surface area contributed by atoms with Gasteiger partial charge in [-0.25, -0.2) is 9.13 Å². The molecular weight excluding hydrogens is 353 g/mol. The Bertz CT molecular complexity index is 1430. The molecule has 29 heavy (non-hydrogen) atoms. The highest BCUT2D eigenvalue weighted by Crippen LogP contribution is 2.36. The summed E-state index contributed by atoms with van der Waals surface area (Å²) in [6.45, 7) is 0.190. The lowest BCUT2D eigenvalue weighted by atomic mass is 9.33. The number of benzene rings is 2. The maximum absolute atomic E-state index is 4.69. The number of hydrogen-bond acceptors (Lipinski definition) is 1. The molecule has 3 nitrogen and oxygen atoms in total. The first kappa shape index (κ1) is 15.4. The van der Waals surface area contributed by atoms with E-state index in [-0.39, 0.29) is 6.71 Å². The van der Waals surface area contributed by atoms with Gasteiger partial charge >= 0.3 is 6.71 Å². The SMILES string of the molecule is C[n+]1ccc2cccc3c2c1B1c2c-3cncc2-c2cccc3cc[n+](C)c1c23. The highest BCUT2D eigenvalue weighted by molar-refractivity contribution is 6.99. The lowest BCUT2D eigenvalue weighted by Gasteiger charge is -2.29. The lowest BCUT2D eigenvalue weighted by Crippen LogP contribution is -2.73. The fourth-order valence-corrected chi connectivity index (χ4v) is 5.65. The molecule has 0 N–H and O–H groups in total. The minimum atomic E-state index is 0.190. The van der Waals surface area contributed by atoms with E-state index >= 15 is 0 Å². The fraction of sp³-hybridized carbons (Fsp3) is 0.0800. The van der Waals surface area contributed by atoms with Crippen molar-refractivity contribution in [3.8, 4) is 22.3 Å². The smallest absolute Gasteiger partial charge is 0.263 e. The predicted octanol–water partition coefficient (Wildman–Crippen LogP) is 1.51. The van der Waals surface area contributed by atoms with Gasteiger partial charge in [-0.15, -0.1) is 0 Å². The normalized spacial score (nSPS) is 13.1. The van der Waals surface area contributed by atoms with Gasteiger partial charge in [0.25, 0.3) is 0 Å². The zero-order valence-electron chi connectivity index (χ0n) is 16.3. The molecule has 2 aliphatic heterocycles. The van der Waals surface area contributed by atoms with Crippen LogP contribution in [0, 0.1) is 0 Å². The molecule has 0 fully saturated rings. The largest absolute Gasteiger partial charge is 0.408 e. The quantitative estimate of drug-likeness (QED) is 0.293. The average molecular weight is 371 g/mol. The van der Waals surface area contributed by atoms with Crippen LogP contribution in [0.3, 0.4) is 0 Å². The van der Waals surface area contributed by atoms with E-state index in [1.54, 1.807) is 0 Å². The predicted molar refractivity (Wildman–Crippen MR) is 117 cm³/mol. The Hall–Kier alpha value is -3.53. The van der Waals surface area contributed by atoms with Crippen LogP contribution < -0.4 is 25.8 Å². The van der Waals surface area contributed by atoms with Gasteiger partial charge in [-0.2, -0.15) is 0 Å². The second kappa shape index (κ2) is 5.09. The number of hydrogen-bond donors (Lipinski definition) is 0. The minimum absolute atomic E-state index is 0.190. The molecule has 0 aliphatic carbocycles. The van der Waals surface area contributed by atoms with Crippen LogP contribution in [0.25, 0.3) is 43.8 Å². The van der Waals surface area contributed by atoms with E-state index in [1.165, 1.54) is 60.4 Å². The van der Waals surface area contributed by atoms with Crippen LogP contribution in [0.15, 0.2) is 73.3 Å². The highest BCUT2D eigenvalue weighted by atomic mass is 14.9. The first-order valence-electron chi connectivity index (χ1n) is 10.0. The molecule has 0 saturated carbocycles. The molecule has 0 amide bonds. The lowest BCUT2D eigenvalue weighted by molar-refractivity contribution is -0.657. The van der Waals surface area contributed by atoms with Crippen LogP contribution in [0.4, 0.5) is 0 Å². The van der Waals surface area contributed by atoms with E-state index in [1.807, 2.05) is 0 Å². The van der Waals surface area contributed by atoms with Gasteiger partial charge in [-0.1, -0.05) is 36.4 Å². The van der Waals surface area contributed by atoms with E-state index in [0.717, 1.165) is 0 Å². The molecular formula is C25H18BN3+2. The summed E-state index contributed by atoms with van der Waals surface area (Å²) in [5, 5.41) is 5.29. The maximum atomic E-state index is 4.69. The summed E-state index contributed by atoms with van der Waals surface area (Å²) in [4.78, 5) is 4.69. The van der Waals surface area contributed by atoms with Crippen molar-refractivity contribution in [1.29, 1.82) is 0 Å². The van der Waals surface area contributed by atoms with Crippen molar-refractivity contribution in [2.24, 2.45) is 14.1 Å². The van der Waals surface area contributed by atoms with Gasteiger partial charge in [0.15, 0.2) is 23.6 Å². The van der Waals surface area contributed by atoms with Crippen molar-refractivity contribution < 1.29 is 9.13 Å². The van der Waals surface area contributed by atoms with Gasteiger partial charge in [0.1, 0.15) is 14.1 Å². The summed E-state index contributed by atoms with van der Waals surface area (Å²) in [7, 11) is 4.36. The fourth-order valence-electron chi connectivity index (χ4n) is 5.65. The van der Waals surface area contributed by atoms with Gasteiger partial charge in [0.2, 0.25) is 0 Å². The molecule has 0 radical (unpaired) electrons. The number of aromatic nitrogens is 3. The summed E-state index contributed by atoms with van der Waals surface area (Å²) < 4.78 is 4.63. The van der Waals surface area contributed by atoms with E-state index < -0.39 is 0 Å². The highest BCUT2D eigenvalue weighted by Gasteiger charge is 2.48. The Balaban J connectivity index is 1.80. The summed E-state index contributed by atoms with van der Waals surface area (Å²) in [6.07, 6.45) is 8.52. The molecule has 5 heterocycles. The molecule has 3 aromatic heterocycles. The molecule has 5 aromatic rings. The number of aryl methyl sites for hydroxylation is 2. The first-order valence-corrected chi connectivity index (χ1v) is 10.0. The van der Waals surface area contributed by atoms with Gasteiger partial charge < -0.3 is 0 Å². The van der Waals surface area contributed by atoms with E-state index in [0.29, 0.717) is 0 Å². The molecule has 0 unspecified atom stereocenters. The summed E-state index contributed by atoms with van der Waals surface area (Å²) >= 11 is 0. The van der Waals surface area contributed by atoms with Crippen molar-refractivity contribution in [3.63, 3.8) is 0 Å². The molecule has 2 aromatic carbocycles. The van der Waals surface area contributed by atoms with Gasteiger partial charge in [-0.05, 0) is 38.5 Å². The Labute approximate surface area is 169 Å². The standard InChI is InChI=1S/C25H18BN3/c1-28-11-9-15-5-3-7-17-19-13-27-14-20-18-8-4-6-16-10-12-29(2)25(22(16)18)26(23(19)20)24(28)21(15)17/h3-14H,1-2H3/q+2. The Morgan fingerprint density at radius 1 is 0.655 bits per heavy atom. The van der Waals surface area contributed by atoms with E-state index in [4.69, 9.17) is 0 Å². The van der Waals surface area contributed by atoms with Crippen molar-refractivity contribution in [1.82, 2.24) is 4.98 Å². The van der Waals surface area contributed by atoms with Crippen LogP contribution in [0.2, 0.25) is 0 Å². The third-order valence-corrected chi connectivity index (χ3v) is 6.82. The topological polar surface area (TPSA) is 20.6 Å². The summed E-state index contributed by atoms with van der Waals surface area (Å²) in [5.74, 6) is 0. The monoisotopic (exact) mass is 371 g/mol. The van der Waals surface area contributed by atoms with Gasteiger partial charge in [0.05, 0.1) is 0 Å². The number of rotatable bonds is 0. The molecule has 0 bridgehead atoms. The van der Waals surface area contributed by atoms with Crippen molar-refractivity contribution >= 4 is 44.9 Å². The Morgan fingerprint density at radius 3 is 1.69 bits per heavy atom. The summed E-state index contributed by atoms with van der Waals surface area (Å²) in [5.41, 5.74) is 9.26. The van der Waals surface area contributed by atoms with Crippen LogP contribution in [0.5, 0.6) is 0 Å².